The molecule has 3 N–H and O–H groups in total. The summed E-state index contributed by atoms with van der Waals surface area (Å²) in [5.41, 5.74) is 2.25. The van der Waals surface area contributed by atoms with Crippen molar-refractivity contribution < 1.29 is 14.3 Å². The van der Waals surface area contributed by atoms with Gasteiger partial charge in [0.15, 0.2) is 11.6 Å². The lowest BCUT2D eigenvalue weighted by atomic mass is 10.0. The molecule has 0 bridgehead atoms. The molecule has 9 nitrogen and oxygen atoms in total. The average Bonchev–Trinajstić information content (AvgIpc) is 3.18. The smallest absolute Gasteiger partial charge is 0.257 e. The topological polar surface area (TPSA) is 108 Å². The van der Waals surface area contributed by atoms with Crippen LogP contribution in [0.15, 0.2) is 36.7 Å². The summed E-state index contributed by atoms with van der Waals surface area (Å²) in [6, 6.07) is 7.15. The fraction of sp³-hybridized carbons (Fsp3) is 0.333. The predicted octanol–water partition coefficient (Wildman–Crippen LogP) is 2.59. The van der Waals surface area contributed by atoms with Crippen LogP contribution in [0, 0.1) is 5.82 Å². The number of anilines is 2. The molecule has 10 heteroatoms. The maximum Gasteiger partial charge on any atom is 0.257 e. The van der Waals surface area contributed by atoms with E-state index < -0.39 is 11.7 Å². The zero-order valence-corrected chi connectivity index (χ0v) is 19.2. The lowest BCUT2D eigenvalue weighted by Crippen LogP contribution is -2.54. The van der Waals surface area contributed by atoms with Gasteiger partial charge in [0, 0.05) is 66.8 Å². The maximum absolute atomic E-state index is 14.5. The van der Waals surface area contributed by atoms with Crippen LogP contribution in [0.1, 0.15) is 30.0 Å². The standard InChI is InChI=1S/C24H26FN7O2/c1-13-9-32(10-14(2)27-13)20-5-4-17(23-18(20)8-26-21(12-33)29-23)24(34)28-16-6-15-11-31(3)30-22(15)19(25)7-16/h4-8,11,13-14,27,33H,9-10,12H2,1-3H3,(H,28,34)/t13-,14+. The Morgan fingerprint density at radius 3 is 2.74 bits per heavy atom. The van der Waals surface area contributed by atoms with Gasteiger partial charge in [0.2, 0.25) is 0 Å². The summed E-state index contributed by atoms with van der Waals surface area (Å²) in [6.07, 6.45) is 3.34. The number of nitrogens with zero attached hydrogens (tertiary/aromatic N) is 5. The van der Waals surface area contributed by atoms with Crippen molar-refractivity contribution in [3.8, 4) is 0 Å². The van der Waals surface area contributed by atoms with E-state index in [0.29, 0.717) is 34.2 Å². The van der Waals surface area contributed by atoms with Gasteiger partial charge in [0.05, 0.1) is 11.1 Å². The summed E-state index contributed by atoms with van der Waals surface area (Å²) >= 11 is 0. The van der Waals surface area contributed by atoms with E-state index in [2.05, 4.69) is 44.4 Å². The Kier molecular flexibility index (Phi) is 5.62. The first-order valence-electron chi connectivity index (χ1n) is 11.2. The molecule has 0 unspecified atom stereocenters. The van der Waals surface area contributed by atoms with E-state index in [0.717, 1.165) is 24.2 Å². The molecule has 0 spiro atoms. The highest BCUT2D eigenvalue weighted by molar-refractivity contribution is 6.14. The van der Waals surface area contributed by atoms with Gasteiger partial charge in [0.25, 0.3) is 5.91 Å². The van der Waals surface area contributed by atoms with Crippen molar-refractivity contribution in [2.45, 2.75) is 32.5 Å². The van der Waals surface area contributed by atoms with Crippen LogP contribution in [0.4, 0.5) is 15.8 Å². The van der Waals surface area contributed by atoms with Crippen LogP contribution >= 0.6 is 0 Å². The third-order valence-corrected chi connectivity index (χ3v) is 6.00. The molecule has 0 saturated carbocycles. The fourth-order valence-electron chi connectivity index (χ4n) is 4.68. The SMILES string of the molecule is C[C@@H]1CN(c2ccc(C(=O)Nc3cc(F)c4nn(C)cc4c3)c3nc(CO)ncc23)C[C@H](C)N1. The molecular weight excluding hydrogens is 437 g/mol. The molecule has 2 atom stereocenters. The molecule has 2 aromatic carbocycles. The molecule has 1 aliphatic heterocycles. The van der Waals surface area contributed by atoms with Gasteiger partial charge in [-0.3, -0.25) is 9.48 Å². The number of hydrogen-bond donors (Lipinski definition) is 3. The number of halogens is 1. The highest BCUT2D eigenvalue weighted by Gasteiger charge is 2.24. The van der Waals surface area contributed by atoms with E-state index in [1.54, 1.807) is 31.6 Å². The van der Waals surface area contributed by atoms with Crippen molar-refractivity contribution in [3.63, 3.8) is 0 Å². The van der Waals surface area contributed by atoms with E-state index in [4.69, 9.17) is 0 Å². The van der Waals surface area contributed by atoms with Crippen LogP contribution in [-0.4, -0.2) is 55.9 Å². The molecule has 3 heterocycles. The van der Waals surface area contributed by atoms with Gasteiger partial charge in [-0.25, -0.2) is 14.4 Å². The first-order valence-corrected chi connectivity index (χ1v) is 11.2. The van der Waals surface area contributed by atoms with Gasteiger partial charge in [-0.05, 0) is 38.1 Å². The van der Waals surface area contributed by atoms with Crippen molar-refractivity contribution in [1.29, 1.82) is 0 Å². The van der Waals surface area contributed by atoms with Gasteiger partial charge in [-0.2, -0.15) is 5.10 Å². The highest BCUT2D eigenvalue weighted by Crippen LogP contribution is 2.30. The second kappa shape index (κ2) is 8.62. The number of aliphatic hydroxyl groups is 1. The number of piperazine rings is 1. The molecule has 1 saturated heterocycles. The first kappa shape index (κ1) is 22.2. The van der Waals surface area contributed by atoms with Gasteiger partial charge in [-0.1, -0.05) is 0 Å². The number of fused-ring (bicyclic) bond motifs is 2. The Morgan fingerprint density at radius 1 is 1.24 bits per heavy atom. The largest absolute Gasteiger partial charge is 0.388 e. The van der Waals surface area contributed by atoms with Crippen molar-refractivity contribution in [2.24, 2.45) is 7.05 Å². The van der Waals surface area contributed by atoms with Gasteiger partial charge in [-0.15, -0.1) is 0 Å². The number of hydrogen-bond acceptors (Lipinski definition) is 7. The van der Waals surface area contributed by atoms with Gasteiger partial charge in [0.1, 0.15) is 12.1 Å². The highest BCUT2D eigenvalue weighted by atomic mass is 19.1. The molecule has 0 radical (unpaired) electrons. The van der Waals surface area contributed by atoms with E-state index >= 15 is 0 Å². The number of amides is 1. The van der Waals surface area contributed by atoms with Gasteiger partial charge < -0.3 is 20.6 Å². The monoisotopic (exact) mass is 463 g/mol. The quantitative estimate of drug-likeness (QED) is 0.427. The Labute approximate surface area is 195 Å². The van der Waals surface area contributed by atoms with Crippen molar-refractivity contribution in [3.05, 3.63) is 53.9 Å². The Hall–Kier alpha value is -3.63. The van der Waals surface area contributed by atoms with Crippen molar-refractivity contribution >= 4 is 39.1 Å². The number of benzene rings is 2. The summed E-state index contributed by atoms with van der Waals surface area (Å²) in [7, 11) is 1.71. The van der Waals surface area contributed by atoms with E-state index in [9.17, 15) is 14.3 Å². The number of aromatic nitrogens is 4. The Balaban J connectivity index is 1.54. The lowest BCUT2D eigenvalue weighted by molar-refractivity contribution is 0.102. The molecule has 4 aromatic rings. The molecule has 0 aliphatic carbocycles. The molecule has 5 rings (SSSR count). The second-order valence-corrected chi connectivity index (χ2v) is 8.87. The van der Waals surface area contributed by atoms with E-state index in [-0.39, 0.29) is 17.9 Å². The van der Waals surface area contributed by atoms with Crippen molar-refractivity contribution in [2.75, 3.05) is 23.3 Å². The molecule has 176 valence electrons. The number of nitrogens with one attached hydrogen (secondary N) is 2. The first-order chi connectivity index (χ1) is 16.3. The third-order valence-electron chi connectivity index (χ3n) is 6.00. The maximum atomic E-state index is 14.5. The number of carbonyl (C=O) groups excluding carboxylic acids is 1. The van der Waals surface area contributed by atoms with Crippen LogP contribution in [0.5, 0.6) is 0 Å². The number of carbonyl (C=O) groups is 1. The summed E-state index contributed by atoms with van der Waals surface area (Å²) in [4.78, 5) is 24.3. The molecule has 1 amide bonds. The second-order valence-electron chi connectivity index (χ2n) is 8.87. The number of rotatable bonds is 4. The summed E-state index contributed by atoms with van der Waals surface area (Å²) in [6.45, 7) is 5.52. The van der Waals surface area contributed by atoms with Crippen LogP contribution in [0.2, 0.25) is 0 Å². The normalized spacial score (nSPS) is 18.6. The van der Waals surface area contributed by atoms with Crippen LogP contribution < -0.4 is 15.5 Å². The van der Waals surface area contributed by atoms with Gasteiger partial charge >= 0.3 is 0 Å². The fourth-order valence-corrected chi connectivity index (χ4v) is 4.68. The summed E-state index contributed by atoms with van der Waals surface area (Å²) < 4.78 is 16.0. The van der Waals surface area contributed by atoms with E-state index in [1.165, 1.54) is 10.7 Å². The Bertz CT molecular complexity index is 1390. The minimum Gasteiger partial charge on any atom is -0.388 e. The molecule has 2 aromatic heterocycles. The summed E-state index contributed by atoms with van der Waals surface area (Å²) in [5.74, 6) is -0.715. The summed E-state index contributed by atoms with van der Waals surface area (Å²) in [5, 5.41) is 21.3. The zero-order valence-electron chi connectivity index (χ0n) is 19.2. The molecule has 1 aliphatic rings. The number of aliphatic hydroxyl groups excluding tert-OH is 1. The average molecular weight is 464 g/mol. The van der Waals surface area contributed by atoms with Crippen LogP contribution in [0.25, 0.3) is 21.8 Å². The van der Waals surface area contributed by atoms with Crippen molar-refractivity contribution in [1.82, 2.24) is 25.1 Å². The lowest BCUT2D eigenvalue weighted by Gasteiger charge is -2.38. The third kappa shape index (κ3) is 4.06. The van der Waals surface area contributed by atoms with Crippen LogP contribution in [0.3, 0.4) is 0 Å². The van der Waals surface area contributed by atoms with Crippen LogP contribution in [-0.2, 0) is 13.7 Å². The molecule has 1 fully saturated rings. The zero-order chi connectivity index (χ0) is 24.0. The Morgan fingerprint density at radius 2 is 2.00 bits per heavy atom. The number of aryl methyl sites for hydroxylation is 1. The molecular formula is C24H26FN7O2. The van der Waals surface area contributed by atoms with E-state index in [1.807, 2.05) is 6.07 Å². The molecule has 34 heavy (non-hydrogen) atoms. The predicted molar refractivity (Wildman–Crippen MR) is 128 cm³/mol. The minimum atomic E-state index is -0.513. The minimum absolute atomic E-state index is 0.226.